The van der Waals surface area contributed by atoms with Crippen molar-refractivity contribution < 1.29 is 8.42 Å². The highest BCUT2D eigenvalue weighted by Crippen LogP contribution is 2.24. The predicted octanol–water partition coefficient (Wildman–Crippen LogP) is 0.260. The summed E-state index contributed by atoms with van der Waals surface area (Å²) in [4.78, 5) is 0.183. The Bertz CT molecular complexity index is 738. The largest absolute Gasteiger partial charge is 0.397 e. The minimum absolute atomic E-state index is 0.183. The molecule has 0 aliphatic heterocycles. The molecule has 0 unspecified atom stereocenters. The van der Waals surface area contributed by atoms with Crippen molar-refractivity contribution in [3.8, 4) is 0 Å². The zero-order chi connectivity index (χ0) is 15.6. The Morgan fingerprint density at radius 3 is 2.67 bits per heavy atom. The fourth-order valence-corrected chi connectivity index (χ4v) is 2.63. The lowest BCUT2D eigenvalue weighted by molar-refractivity contribution is 0.521. The van der Waals surface area contributed by atoms with Crippen LogP contribution in [0, 0.1) is 0 Å². The highest BCUT2D eigenvalue weighted by molar-refractivity contribution is 7.89. The molecule has 0 saturated heterocycles. The van der Waals surface area contributed by atoms with Gasteiger partial charge in [-0.1, -0.05) is 0 Å². The molecule has 0 bridgehead atoms. The number of aromatic nitrogens is 3. The van der Waals surface area contributed by atoms with Crippen LogP contribution in [0.4, 0.5) is 11.4 Å². The van der Waals surface area contributed by atoms with E-state index in [2.05, 4.69) is 15.5 Å². The van der Waals surface area contributed by atoms with Crippen molar-refractivity contribution in [1.29, 1.82) is 0 Å². The first-order valence-electron chi connectivity index (χ1n) is 6.21. The van der Waals surface area contributed by atoms with E-state index in [1.54, 1.807) is 17.0 Å². The molecule has 0 spiro atoms. The van der Waals surface area contributed by atoms with Gasteiger partial charge in [0.15, 0.2) is 5.82 Å². The molecule has 114 valence electrons. The van der Waals surface area contributed by atoms with Crippen molar-refractivity contribution in [2.75, 3.05) is 25.1 Å². The smallest absolute Gasteiger partial charge is 0.242 e. The number of hydrogen-bond donors (Lipinski definition) is 2. The summed E-state index contributed by atoms with van der Waals surface area (Å²) >= 11 is 0. The minimum atomic E-state index is -3.49. The number of anilines is 2. The molecule has 1 aromatic heterocycles. The van der Waals surface area contributed by atoms with Gasteiger partial charge in [0.25, 0.3) is 0 Å². The van der Waals surface area contributed by atoms with E-state index in [-0.39, 0.29) is 4.90 Å². The van der Waals surface area contributed by atoms with Crippen LogP contribution in [0.1, 0.15) is 5.82 Å². The van der Waals surface area contributed by atoms with Crippen molar-refractivity contribution in [2.45, 2.75) is 11.4 Å². The average molecular weight is 310 g/mol. The maximum Gasteiger partial charge on any atom is 0.242 e. The standard InChI is InChI=1S/C12H18N6O2S/c1-17(2)21(19,20)9-4-5-10(13)11(6-9)14-7-12-16-15-8-18(12)3/h4-6,8,14H,7,13H2,1-3H3. The third kappa shape index (κ3) is 3.14. The summed E-state index contributed by atoms with van der Waals surface area (Å²) < 4.78 is 27.2. The third-order valence-electron chi connectivity index (χ3n) is 3.05. The molecule has 0 aliphatic rings. The number of nitrogens with one attached hydrogen (secondary N) is 1. The van der Waals surface area contributed by atoms with Crippen molar-refractivity contribution in [3.63, 3.8) is 0 Å². The van der Waals surface area contributed by atoms with Gasteiger partial charge in [0.2, 0.25) is 10.0 Å². The first-order chi connectivity index (χ1) is 9.82. The van der Waals surface area contributed by atoms with Crippen LogP contribution in [-0.4, -0.2) is 41.6 Å². The first kappa shape index (κ1) is 15.3. The molecular formula is C12H18N6O2S. The molecule has 0 aliphatic carbocycles. The lowest BCUT2D eigenvalue weighted by atomic mass is 10.2. The Morgan fingerprint density at radius 1 is 1.38 bits per heavy atom. The molecule has 0 atom stereocenters. The maximum atomic E-state index is 12.1. The summed E-state index contributed by atoms with van der Waals surface area (Å²) in [6.45, 7) is 0.395. The number of nitrogens with two attached hydrogens (primary N) is 1. The summed E-state index contributed by atoms with van der Waals surface area (Å²) in [7, 11) is 1.30. The number of nitrogen functional groups attached to an aromatic ring is 1. The normalized spacial score (nSPS) is 11.8. The van der Waals surface area contributed by atoms with Gasteiger partial charge in [-0.2, -0.15) is 0 Å². The van der Waals surface area contributed by atoms with Crippen molar-refractivity contribution in [1.82, 2.24) is 19.1 Å². The van der Waals surface area contributed by atoms with Gasteiger partial charge in [0.05, 0.1) is 22.8 Å². The lowest BCUT2D eigenvalue weighted by Crippen LogP contribution is -2.22. The second-order valence-electron chi connectivity index (χ2n) is 4.75. The number of rotatable bonds is 5. The first-order valence-corrected chi connectivity index (χ1v) is 7.65. The molecule has 0 radical (unpaired) electrons. The molecule has 21 heavy (non-hydrogen) atoms. The van der Waals surface area contributed by atoms with Crippen LogP contribution in [-0.2, 0) is 23.6 Å². The summed E-state index contributed by atoms with van der Waals surface area (Å²) in [6, 6.07) is 4.56. The van der Waals surface area contributed by atoms with Crippen molar-refractivity contribution >= 4 is 21.4 Å². The van der Waals surface area contributed by atoms with E-state index in [9.17, 15) is 8.42 Å². The fourth-order valence-electron chi connectivity index (χ4n) is 1.70. The zero-order valence-corrected chi connectivity index (χ0v) is 12.9. The van der Waals surface area contributed by atoms with Crippen LogP contribution in [0.15, 0.2) is 29.4 Å². The Labute approximate surface area is 123 Å². The van der Waals surface area contributed by atoms with Gasteiger partial charge < -0.3 is 15.6 Å². The van der Waals surface area contributed by atoms with Gasteiger partial charge in [-0.05, 0) is 18.2 Å². The van der Waals surface area contributed by atoms with Gasteiger partial charge in [0, 0.05) is 21.1 Å². The van der Waals surface area contributed by atoms with Gasteiger partial charge in [-0.25, -0.2) is 12.7 Å². The van der Waals surface area contributed by atoms with Crippen LogP contribution in [0.5, 0.6) is 0 Å². The average Bonchev–Trinajstić information content (AvgIpc) is 2.83. The second-order valence-corrected chi connectivity index (χ2v) is 6.90. The van der Waals surface area contributed by atoms with Crippen molar-refractivity contribution in [2.24, 2.45) is 7.05 Å². The number of sulfonamides is 1. The van der Waals surface area contributed by atoms with Crippen LogP contribution in [0.3, 0.4) is 0 Å². The van der Waals surface area contributed by atoms with Gasteiger partial charge in [-0.15, -0.1) is 10.2 Å². The Morgan fingerprint density at radius 2 is 2.10 bits per heavy atom. The third-order valence-corrected chi connectivity index (χ3v) is 4.86. The fraction of sp³-hybridized carbons (Fsp3) is 0.333. The van der Waals surface area contributed by atoms with Gasteiger partial charge in [-0.3, -0.25) is 0 Å². The summed E-state index contributed by atoms with van der Waals surface area (Å²) in [5.41, 5.74) is 6.88. The van der Waals surface area contributed by atoms with Crippen LogP contribution in [0.2, 0.25) is 0 Å². The minimum Gasteiger partial charge on any atom is -0.397 e. The SMILES string of the molecule is CN(C)S(=O)(=O)c1ccc(N)c(NCc2nncn2C)c1. The predicted molar refractivity (Wildman–Crippen MR) is 80.1 cm³/mol. The maximum absolute atomic E-state index is 12.1. The topological polar surface area (TPSA) is 106 Å². The van der Waals surface area contributed by atoms with E-state index >= 15 is 0 Å². The number of hydrogen-bond acceptors (Lipinski definition) is 6. The van der Waals surface area contributed by atoms with Crippen LogP contribution >= 0.6 is 0 Å². The van der Waals surface area contributed by atoms with E-state index in [0.717, 1.165) is 10.1 Å². The van der Waals surface area contributed by atoms with E-state index in [0.29, 0.717) is 17.9 Å². The van der Waals surface area contributed by atoms with E-state index in [1.807, 2.05) is 7.05 Å². The van der Waals surface area contributed by atoms with Gasteiger partial charge in [0.1, 0.15) is 6.33 Å². The molecule has 8 nitrogen and oxygen atoms in total. The van der Waals surface area contributed by atoms with E-state index in [4.69, 9.17) is 5.73 Å². The van der Waals surface area contributed by atoms with E-state index in [1.165, 1.54) is 26.2 Å². The number of aryl methyl sites for hydroxylation is 1. The molecule has 0 fully saturated rings. The molecule has 2 rings (SSSR count). The molecule has 9 heteroatoms. The van der Waals surface area contributed by atoms with Crippen molar-refractivity contribution in [3.05, 3.63) is 30.4 Å². The number of benzene rings is 1. The summed E-state index contributed by atoms with van der Waals surface area (Å²) in [6.07, 6.45) is 1.59. The number of nitrogens with zero attached hydrogens (tertiary/aromatic N) is 4. The molecule has 2 aromatic rings. The van der Waals surface area contributed by atoms with Crippen LogP contribution in [0.25, 0.3) is 0 Å². The van der Waals surface area contributed by atoms with Crippen LogP contribution < -0.4 is 11.1 Å². The zero-order valence-electron chi connectivity index (χ0n) is 12.1. The molecule has 1 heterocycles. The second kappa shape index (κ2) is 5.70. The monoisotopic (exact) mass is 310 g/mol. The molecular weight excluding hydrogens is 292 g/mol. The Balaban J connectivity index is 2.26. The Kier molecular flexibility index (Phi) is 4.14. The van der Waals surface area contributed by atoms with Gasteiger partial charge >= 0.3 is 0 Å². The lowest BCUT2D eigenvalue weighted by Gasteiger charge is -2.14. The molecule has 1 aromatic carbocycles. The highest BCUT2D eigenvalue weighted by atomic mass is 32.2. The quantitative estimate of drug-likeness (QED) is 0.767. The Hall–Kier alpha value is -2.13. The highest BCUT2D eigenvalue weighted by Gasteiger charge is 2.18. The summed E-state index contributed by atoms with van der Waals surface area (Å²) in [5, 5.41) is 10.8. The molecule has 0 amide bonds. The molecule has 0 saturated carbocycles. The van der Waals surface area contributed by atoms with E-state index < -0.39 is 10.0 Å². The summed E-state index contributed by atoms with van der Waals surface area (Å²) in [5.74, 6) is 0.718. The molecule has 3 N–H and O–H groups in total.